The third-order valence-corrected chi connectivity index (χ3v) is 3.89. The number of aliphatic hydroxyl groups is 1. The van der Waals surface area contributed by atoms with Crippen molar-refractivity contribution in [1.29, 1.82) is 0 Å². The van der Waals surface area contributed by atoms with Crippen molar-refractivity contribution in [3.05, 3.63) is 0 Å². The summed E-state index contributed by atoms with van der Waals surface area (Å²) in [6, 6.07) is 0. The molecule has 4 atom stereocenters. The number of hydrogen-bond acceptors (Lipinski definition) is 2. The van der Waals surface area contributed by atoms with Crippen molar-refractivity contribution in [2.45, 2.75) is 39.2 Å². The Bertz CT molecular complexity index is 222. The van der Waals surface area contributed by atoms with Gasteiger partial charge in [0, 0.05) is 12.3 Å². The molecule has 13 heavy (non-hydrogen) atoms. The number of carbonyl (C=O) groups excluding carboxylic acids is 1. The van der Waals surface area contributed by atoms with Gasteiger partial charge in [-0.2, -0.15) is 0 Å². The largest absolute Gasteiger partial charge is 0.392 e. The fourth-order valence-electron chi connectivity index (χ4n) is 3.24. The Kier molecular flexibility index (Phi) is 2.18. The summed E-state index contributed by atoms with van der Waals surface area (Å²) in [4.78, 5) is 11.5. The lowest BCUT2D eigenvalue weighted by atomic mass is 9.84. The van der Waals surface area contributed by atoms with Crippen LogP contribution >= 0.6 is 0 Å². The zero-order valence-electron chi connectivity index (χ0n) is 8.36. The van der Waals surface area contributed by atoms with Gasteiger partial charge in [0.2, 0.25) is 0 Å². The average molecular weight is 182 g/mol. The molecule has 1 N–H and O–H groups in total. The molecule has 2 fully saturated rings. The van der Waals surface area contributed by atoms with Gasteiger partial charge in [-0.1, -0.05) is 13.8 Å². The van der Waals surface area contributed by atoms with Crippen molar-refractivity contribution >= 4 is 5.78 Å². The van der Waals surface area contributed by atoms with Crippen LogP contribution in [0.3, 0.4) is 0 Å². The van der Waals surface area contributed by atoms with Crippen LogP contribution in [0.5, 0.6) is 0 Å². The van der Waals surface area contributed by atoms with Crippen molar-refractivity contribution in [3.8, 4) is 0 Å². The molecular formula is C11H18O2. The van der Waals surface area contributed by atoms with Gasteiger partial charge in [0.15, 0.2) is 0 Å². The third-order valence-electron chi connectivity index (χ3n) is 3.89. The van der Waals surface area contributed by atoms with Crippen LogP contribution in [0.4, 0.5) is 0 Å². The molecule has 0 aromatic carbocycles. The molecule has 0 amide bonds. The van der Waals surface area contributed by atoms with Crippen LogP contribution in [0.1, 0.15) is 33.1 Å². The Labute approximate surface area is 79.3 Å². The van der Waals surface area contributed by atoms with E-state index in [2.05, 4.69) is 13.8 Å². The summed E-state index contributed by atoms with van der Waals surface area (Å²) >= 11 is 0. The standard InChI is InChI=1S/C11H18O2/c1-6(2)8-5-10(13)11-7(8)3-4-9(11)12/h6-8,10-11,13H,3-5H2,1-2H3/t7-,8+,10+,11+/m1/s1. The Morgan fingerprint density at radius 2 is 2.15 bits per heavy atom. The molecule has 0 spiro atoms. The van der Waals surface area contributed by atoms with Crippen molar-refractivity contribution in [2.24, 2.45) is 23.7 Å². The van der Waals surface area contributed by atoms with Crippen LogP contribution in [0.25, 0.3) is 0 Å². The highest BCUT2D eigenvalue weighted by Gasteiger charge is 2.50. The molecule has 2 rings (SSSR count). The van der Waals surface area contributed by atoms with Gasteiger partial charge < -0.3 is 5.11 Å². The van der Waals surface area contributed by atoms with E-state index in [1.54, 1.807) is 0 Å². The number of carbonyl (C=O) groups is 1. The van der Waals surface area contributed by atoms with E-state index in [-0.39, 0.29) is 12.0 Å². The molecule has 2 aliphatic carbocycles. The van der Waals surface area contributed by atoms with Gasteiger partial charge in [0.25, 0.3) is 0 Å². The first-order valence-corrected chi connectivity index (χ1v) is 5.32. The van der Waals surface area contributed by atoms with Crippen LogP contribution in [-0.4, -0.2) is 17.0 Å². The molecule has 0 bridgehead atoms. The number of fused-ring (bicyclic) bond motifs is 1. The van der Waals surface area contributed by atoms with Crippen LogP contribution in [-0.2, 0) is 4.79 Å². The van der Waals surface area contributed by atoms with Gasteiger partial charge in [-0.3, -0.25) is 4.79 Å². The minimum Gasteiger partial charge on any atom is -0.392 e. The molecule has 74 valence electrons. The molecule has 0 aromatic rings. The van der Waals surface area contributed by atoms with Gasteiger partial charge in [-0.15, -0.1) is 0 Å². The van der Waals surface area contributed by atoms with E-state index in [0.29, 0.717) is 30.0 Å². The number of aliphatic hydroxyl groups excluding tert-OH is 1. The summed E-state index contributed by atoms with van der Waals surface area (Å²) in [6.45, 7) is 4.39. The first-order valence-electron chi connectivity index (χ1n) is 5.32. The monoisotopic (exact) mass is 182 g/mol. The van der Waals surface area contributed by atoms with Gasteiger partial charge >= 0.3 is 0 Å². The third kappa shape index (κ3) is 1.32. The van der Waals surface area contributed by atoms with Crippen molar-refractivity contribution < 1.29 is 9.90 Å². The first kappa shape index (κ1) is 9.20. The summed E-state index contributed by atoms with van der Waals surface area (Å²) in [5.41, 5.74) is 0. The van der Waals surface area contributed by atoms with Gasteiger partial charge in [-0.05, 0) is 30.6 Å². The molecule has 0 heterocycles. The molecule has 0 radical (unpaired) electrons. The Balaban J connectivity index is 2.18. The molecule has 0 unspecified atom stereocenters. The lowest BCUT2D eigenvalue weighted by molar-refractivity contribution is -0.123. The van der Waals surface area contributed by atoms with Gasteiger partial charge in [0.1, 0.15) is 5.78 Å². The quantitative estimate of drug-likeness (QED) is 0.669. The summed E-state index contributed by atoms with van der Waals surface area (Å²) in [7, 11) is 0. The number of ketones is 1. The zero-order chi connectivity index (χ0) is 9.59. The van der Waals surface area contributed by atoms with Crippen LogP contribution in [0.2, 0.25) is 0 Å². The molecule has 2 heteroatoms. The van der Waals surface area contributed by atoms with E-state index in [0.717, 1.165) is 12.8 Å². The van der Waals surface area contributed by atoms with Crippen LogP contribution < -0.4 is 0 Å². The van der Waals surface area contributed by atoms with E-state index in [1.165, 1.54) is 0 Å². The highest BCUT2D eigenvalue weighted by atomic mass is 16.3. The van der Waals surface area contributed by atoms with Gasteiger partial charge in [-0.25, -0.2) is 0 Å². The van der Waals surface area contributed by atoms with Crippen molar-refractivity contribution in [2.75, 3.05) is 0 Å². The predicted molar refractivity (Wildman–Crippen MR) is 50.2 cm³/mol. The van der Waals surface area contributed by atoms with E-state index in [1.807, 2.05) is 0 Å². The van der Waals surface area contributed by atoms with E-state index >= 15 is 0 Å². The lowest BCUT2D eigenvalue weighted by Gasteiger charge is -2.20. The molecule has 0 aromatic heterocycles. The number of rotatable bonds is 1. The van der Waals surface area contributed by atoms with Crippen LogP contribution in [0.15, 0.2) is 0 Å². The number of Topliss-reactive ketones (excluding diaryl/α,β-unsaturated/α-hetero) is 1. The summed E-state index contributed by atoms with van der Waals surface area (Å²) < 4.78 is 0. The van der Waals surface area contributed by atoms with Crippen molar-refractivity contribution in [3.63, 3.8) is 0 Å². The van der Waals surface area contributed by atoms with Crippen molar-refractivity contribution in [1.82, 2.24) is 0 Å². The Morgan fingerprint density at radius 1 is 1.46 bits per heavy atom. The Morgan fingerprint density at radius 3 is 2.77 bits per heavy atom. The van der Waals surface area contributed by atoms with Gasteiger partial charge in [0.05, 0.1) is 6.10 Å². The highest BCUT2D eigenvalue weighted by Crippen LogP contribution is 2.48. The van der Waals surface area contributed by atoms with Crippen LogP contribution in [0, 0.1) is 23.7 Å². The summed E-state index contributed by atoms with van der Waals surface area (Å²) in [6.07, 6.45) is 2.23. The van der Waals surface area contributed by atoms with E-state index < -0.39 is 0 Å². The zero-order valence-corrected chi connectivity index (χ0v) is 8.36. The second kappa shape index (κ2) is 3.09. The van der Waals surface area contributed by atoms with E-state index in [4.69, 9.17) is 0 Å². The maximum atomic E-state index is 11.5. The molecule has 2 nitrogen and oxygen atoms in total. The normalized spacial score (nSPS) is 44.5. The number of hydrogen-bond donors (Lipinski definition) is 1. The first-order chi connectivity index (χ1) is 6.11. The lowest BCUT2D eigenvalue weighted by Crippen LogP contribution is -2.21. The molecule has 2 saturated carbocycles. The molecule has 0 aliphatic heterocycles. The SMILES string of the molecule is CC(C)[C@@H]1C[C@H](O)[C@@H]2C(=O)CC[C@@H]21. The molecule has 0 saturated heterocycles. The molecular weight excluding hydrogens is 164 g/mol. The fraction of sp³-hybridized carbons (Fsp3) is 0.909. The smallest absolute Gasteiger partial charge is 0.138 e. The fourth-order valence-corrected chi connectivity index (χ4v) is 3.24. The predicted octanol–water partition coefficient (Wildman–Crippen LogP) is 1.62. The second-order valence-corrected chi connectivity index (χ2v) is 4.91. The second-order valence-electron chi connectivity index (χ2n) is 4.91. The maximum Gasteiger partial charge on any atom is 0.138 e. The average Bonchev–Trinajstić information content (AvgIpc) is 2.55. The molecule has 2 aliphatic rings. The topological polar surface area (TPSA) is 37.3 Å². The maximum absolute atomic E-state index is 11.5. The highest BCUT2D eigenvalue weighted by molar-refractivity contribution is 5.84. The summed E-state index contributed by atoms with van der Waals surface area (Å²) in [5, 5.41) is 9.77. The summed E-state index contributed by atoms with van der Waals surface area (Å²) in [5.74, 6) is 1.97. The Hall–Kier alpha value is -0.370. The minimum atomic E-state index is -0.340. The minimum absolute atomic E-state index is 0.00704. The van der Waals surface area contributed by atoms with E-state index in [9.17, 15) is 9.90 Å².